The number of nitrogens with two attached hydrogens (primary N) is 1. The maximum Gasteiger partial charge on any atom is 0.119 e. The van der Waals surface area contributed by atoms with Crippen molar-refractivity contribution in [3.05, 3.63) is 29.8 Å². The molecule has 1 aromatic rings. The molecule has 0 spiro atoms. The third-order valence-electron chi connectivity index (χ3n) is 3.97. The van der Waals surface area contributed by atoms with Gasteiger partial charge in [-0.1, -0.05) is 26.0 Å². The first kappa shape index (κ1) is 15.3. The van der Waals surface area contributed by atoms with Gasteiger partial charge in [0.15, 0.2) is 0 Å². The van der Waals surface area contributed by atoms with Gasteiger partial charge in [-0.3, -0.25) is 0 Å². The SMILES string of the molecule is CC(C)c1ccc(OCCOC2CCC(N)CC2)cc1. The van der Waals surface area contributed by atoms with Crippen molar-refractivity contribution in [2.45, 2.75) is 57.6 Å². The normalized spacial score (nSPS) is 23.0. The third kappa shape index (κ3) is 4.80. The highest BCUT2D eigenvalue weighted by atomic mass is 16.5. The standard InChI is InChI=1S/C17H27NO2/c1-13(2)14-3-7-16(8-4-14)19-11-12-20-17-9-5-15(18)6-10-17/h3-4,7-8,13,15,17H,5-6,9-12,18H2,1-2H3. The Bertz CT molecular complexity index is 380. The maximum absolute atomic E-state index is 5.88. The lowest BCUT2D eigenvalue weighted by Crippen LogP contribution is -2.30. The van der Waals surface area contributed by atoms with Gasteiger partial charge in [0.1, 0.15) is 12.4 Å². The Hall–Kier alpha value is -1.06. The van der Waals surface area contributed by atoms with Crippen LogP contribution in [-0.2, 0) is 4.74 Å². The Balaban J connectivity index is 1.63. The Labute approximate surface area is 122 Å². The minimum absolute atomic E-state index is 0.377. The van der Waals surface area contributed by atoms with E-state index in [2.05, 4.69) is 26.0 Å². The average Bonchev–Trinajstić information content (AvgIpc) is 2.46. The van der Waals surface area contributed by atoms with E-state index < -0.39 is 0 Å². The Morgan fingerprint density at radius 1 is 1.05 bits per heavy atom. The van der Waals surface area contributed by atoms with Crippen LogP contribution in [0.15, 0.2) is 24.3 Å². The van der Waals surface area contributed by atoms with E-state index in [0.29, 0.717) is 31.3 Å². The van der Waals surface area contributed by atoms with Crippen molar-refractivity contribution >= 4 is 0 Å². The first-order valence-electron chi connectivity index (χ1n) is 7.75. The second kappa shape index (κ2) is 7.65. The second-order valence-corrected chi connectivity index (χ2v) is 5.98. The summed E-state index contributed by atoms with van der Waals surface area (Å²) < 4.78 is 11.5. The first-order chi connectivity index (χ1) is 9.65. The predicted octanol–water partition coefficient (Wildman–Crippen LogP) is 3.48. The number of hydrogen-bond acceptors (Lipinski definition) is 3. The van der Waals surface area contributed by atoms with E-state index >= 15 is 0 Å². The summed E-state index contributed by atoms with van der Waals surface area (Å²) in [5, 5.41) is 0. The molecule has 0 radical (unpaired) electrons. The Kier molecular flexibility index (Phi) is 5.86. The van der Waals surface area contributed by atoms with Crippen LogP contribution in [0, 0.1) is 0 Å². The third-order valence-corrected chi connectivity index (χ3v) is 3.97. The van der Waals surface area contributed by atoms with Crippen molar-refractivity contribution in [2.75, 3.05) is 13.2 Å². The number of rotatable bonds is 6. The van der Waals surface area contributed by atoms with Crippen molar-refractivity contribution in [3.63, 3.8) is 0 Å². The van der Waals surface area contributed by atoms with Crippen LogP contribution in [0.3, 0.4) is 0 Å². The van der Waals surface area contributed by atoms with Gasteiger partial charge in [0.2, 0.25) is 0 Å². The maximum atomic E-state index is 5.88. The molecule has 0 unspecified atom stereocenters. The van der Waals surface area contributed by atoms with Gasteiger partial charge in [-0.05, 0) is 49.3 Å². The molecule has 0 atom stereocenters. The summed E-state index contributed by atoms with van der Waals surface area (Å²) in [7, 11) is 0. The highest BCUT2D eigenvalue weighted by molar-refractivity contribution is 5.28. The fraction of sp³-hybridized carbons (Fsp3) is 0.647. The lowest BCUT2D eigenvalue weighted by molar-refractivity contribution is 0.0102. The van der Waals surface area contributed by atoms with Gasteiger partial charge in [-0.25, -0.2) is 0 Å². The summed E-state index contributed by atoms with van der Waals surface area (Å²) in [6.45, 7) is 5.66. The smallest absolute Gasteiger partial charge is 0.119 e. The molecule has 1 aliphatic carbocycles. The zero-order valence-electron chi connectivity index (χ0n) is 12.7. The van der Waals surface area contributed by atoms with Crippen LogP contribution < -0.4 is 10.5 Å². The second-order valence-electron chi connectivity index (χ2n) is 5.98. The number of hydrogen-bond donors (Lipinski definition) is 1. The predicted molar refractivity (Wildman–Crippen MR) is 82.2 cm³/mol. The van der Waals surface area contributed by atoms with Crippen molar-refractivity contribution < 1.29 is 9.47 Å². The largest absolute Gasteiger partial charge is 0.491 e. The Morgan fingerprint density at radius 3 is 2.30 bits per heavy atom. The van der Waals surface area contributed by atoms with Crippen molar-refractivity contribution in [1.82, 2.24) is 0 Å². The van der Waals surface area contributed by atoms with Crippen LogP contribution in [0.5, 0.6) is 5.75 Å². The minimum atomic E-state index is 0.377. The van der Waals surface area contributed by atoms with Gasteiger partial charge in [0.25, 0.3) is 0 Å². The molecule has 2 N–H and O–H groups in total. The van der Waals surface area contributed by atoms with Gasteiger partial charge >= 0.3 is 0 Å². The number of benzene rings is 1. The van der Waals surface area contributed by atoms with Crippen LogP contribution in [-0.4, -0.2) is 25.4 Å². The quantitative estimate of drug-likeness (QED) is 0.810. The molecular formula is C17H27NO2. The van der Waals surface area contributed by atoms with Crippen LogP contribution >= 0.6 is 0 Å². The molecule has 0 bridgehead atoms. The molecule has 112 valence electrons. The zero-order chi connectivity index (χ0) is 14.4. The summed E-state index contributed by atoms with van der Waals surface area (Å²) in [4.78, 5) is 0. The summed E-state index contributed by atoms with van der Waals surface area (Å²) in [5.74, 6) is 1.48. The molecule has 1 saturated carbocycles. The van der Waals surface area contributed by atoms with E-state index in [4.69, 9.17) is 15.2 Å². The van der Waals surface area contributed by atoms with Gasteiger partial charge < -0.3 is 15.2 Å². The highest BCUT2D eigenvalue weighted by Gasteiger charge is 2.18. The van der Waals surface area contributed by atoms with Crippen molar-refractivity contribution in [2.24, 2.45) is 5.73 Å². The molecule has 0 heterocycles. The van der Waals surface area contributed by atoms with E-state index in [1.807, 2.05) is 12.1 Å². The van der Waals surface area contributed by atoms with Crippen LogP contribution in [0.2, 0.25) is 0 Å². The lowest BCUT2D eigenvalue weighted by atomic mass is 9.94. The fourth-order valence-corrected chi connectivity index (χ4v) is 2.58. The van der Waals surface area contributed by atoms with Gasteiger partial charge in [0, 0.05) is 6.04 Å². The lowest BCUT2D eigenvalue weighted by Gasteiger charge is -2.26. The molecule has 0 amide bonds. The molecule has 2 rings (SSSR count). The summed E-state index contributed by atoms with van der Waals surface area (Å²) in [5.41, 5.74) is 7.22. The van der Waals surface area contributed by atoms with Crippen LogP contribution in [0.25, 0.3) is 0 Å². The van der Waals surface area contributed by atoms with Crippen LogP contribution in [0.4, 0.5) is 0 Å². The molecule has 0 saturated heterocycles. The van der Waals surface area contributed by atoms with Gasteiger partial charge in [-0.2, -0.15) is 0 Å². The molecule has 1 aliphatic rings. The molecule has 20 heavy (non-hydrogen) atoms. The molecule has 3 nitrogen and oxygen atoms in total. The molecule has 3 heteroatoms. The van der Waals surface area contributed by atoms with Gasteiger partial charge in [-0.15, -0.1) is 0 Å². The molecular weight excluding hydrogens is 250 g/mol. The topological polar surface area (TPSA) is 44.5 Å². The van der Waals surface area contributed by atoms with E-state index in [1.165, 1.54) is 5.56 Å². The summed E-state index contributed by atoms with van der Waals surface area (Å²) in [6.07, 6.45) is 4.72. The van der Waals surface area contributed by atoms with Gasteiger partial charge in [0.05, 0.1) is 12.7 Å². The van der Waals surface area contributed by atoms with E-state index in [0.717, 1.165) is 31.4 Å². The summed E-state index contributed by atoms with van der Waals surface area (Å²) in [6, 6.07) is 8.71. The average molecular weight is 277 g/mol. The Morgan fingerprint density at radius 2 is 1.70 bits per heavy atom. The van der Waals surface area contributed by atoms with E-state index in [9.17, 15) is 0 Å². The van der Waals surface area contributed by atoms with E-state index in [1.54, 1.807) is 0 Å². The molecule has 0 aromatic heterocycles. The highest BCUT2D eigenvalue weighted by Crippen LogP contribution is 2.20. The van der Waals surface area contributed by atoms with Crippen molar-refractivity contribution in [1.29, 1.82) is 0 Å². The fourth-order valence-electron chi connectivity index (χ4n) is 2.58. The van der Waals surface area contributed by atoms with E-state index in [-0.39, 0.29) is 0 Å². The zero-order valence-corrected chi connectivity index (χ0v) is 12.7. The summed E-state index contributed by atoms with van der Waals surface area (Å²) >= 11 is 0. The molecule has 1 aromatic carbocycles. The number of ether oxygens (including phenoxy) is 2. The first-order valence-corrected chi connectivity index (χ1v) is 7.75. The molecule has 0 aliphatic heterocycles. The minimum Gasteiger partial charge on any atom is -0.491 e. The van der Waals surface area contributed by atoms with Crippen LogP contribution in [0.1, 0.15) is 51.0 Å². The van der Waals surface area contributed by atoms with Crippen molar-refractivity contribution in [3.8, 4) is 5.75 Å². The monoisotopic (exact) mass is 277 g/mol. The molecule has 1 fully saturated rings.